The molecule has 0 unspecified atom stereocenters. The Morgan fingerprint density at radius 2 is 1.16 bits per heavy atom. The maximum atomic E-state index is 12.4. The minimum atomic E-state index is -0.163. The molecule has 0 aliphatic rings. The van der Waals surface area contributed by atoms with E-state index in [-0.39, 0.29) is 5.82 Å². The van der Waals surface area contributed by atoms with Gasteiger partial charge in [-0.25, -0.2) is 14.4 Å². The van der Waals surface area contributed by atoms with E-state index in [4.69, 9.17) is 9.05 Å². The van der Waals surface area contributed by atoms with Crippen molar-refractivity contribution >= 4 is 22.7 Å². The number of aryl methyl sites for hydroxylation is 3. The van der Waals surface area contributed by atoms with Crippen molar-refractivity contribution in [3.05, 3.63) is 121 Å². The minimum absolute atomic E-state index is 0.163. The molecule has 0 fully saturated rings. The number of H-pyrrole nitrogens is 1. The standard InChI is InChI=1S/C9H11F.C9H15NO.C7H12N2.C7H11NO.C7H11NS.C6H9NS/c1-7(2)8-3-5-9(10)6-4-8;1-6(2)8-5-9(7(3)4)11-10-8;2*1-5(2)7-4-6(3)8-9-7;1-5(2)7-6(3)8-4-9-7;1-5(2)6-7-3-4-8-6/h3-7H,1-2H3;5-7H,1-4H3;4-5H,1-3H3,(H,8,9);2*4-5H,1-3H3;3-5H,1-2H3. The van der Waals surface area contributed by atoms with E-state index in [0.29, 0.717) is 41.4 Å². The molecule has 0 aliphatic carbocycles. The normalized spacial score (nSPS) is 10.7. The molecule has 1 aromatic carbocycles. The van der Waals surface area contributed by atoms with E-state index in [1.54, 1.807) is 22.7 Å². The maximum absolute atomic E-state index is 12.4. The van der Waals surface area contributed by atoms with Crippen LogP contribution in [0.5, 0.6) is 0 Å². The molecule has 56 heavy (non-hydrogen) atoms. The highest BCUT2D eigenvalue weighted by Crippen LogP contribution is 2.22. The third-order valence-corrected chi connectivity index (χ3v) is 10.3. The molecule has 0 saturated carbocycles. The van der Waals surface area contributed by atoms with Crippen LogP contribution in [0.25, 0.3) is 0 Å². The quantitative estimate of drug-likeness (QED) is 0.171. The van der Waals surface area contributed by atoms with Gasteiger partial charge in [0.15, 0.2) is 0 Å². The van der Waals surface area contributed by atoms with Crippen molar-refractivity contribution in [2.75, 3.05) is 0 Å². The van der Waals surface area contributed by atoms with Crippen molar-refractivity contribution in [1.82, 2.24) is 30.5 Å². The van der Waals surface area contributed by atoms with Crippen LogP contribution in [0, 0.1) is 26.6 Å². The largest absolute Gasteiger partial charge is 0.361 e. The predicted octanol–water partition coefficient (Wildman–Crippen LogP) is 14.7. The molecule has 0 saturated heterocycles. The summed E-state index contributed by atoms with van der Waals surface area (Å²) in [4.78, 5) is 9.70. The molecule has 1 N–H and O–H groups in total. The monoisotopic (exact) mass is 808 g/mol. The topological polar surface area (TPSA) is 107 Å². The van der Waals surface area contributed by atoms with Crippen molar-refractivity contribution in [1.29, 1.82) is 0 Å². The lowest BCUT2D eigenvalue weighted by Crippen LogP contribution is -1.85. The van der Waals surface area contributed by atoms with Crippen LogP contribution in [0.4, 0.5) is 4.39 Å². The van der Waals surface area contributed by atoms with Crippen LogP contribution in [0.15, 0.2) is 68.6 Å². The summed E-state index contributed by atoms with van der Waals surface area (Å²) in [6.45, 7) is 35.7. The summed E-state index contributed by atoms with van der Waals surface area (Å²) in [5.41, 5.74) is 8.57. The van der Waals surface area contributed by atoms with Crippen molar-refractivity contribution in [3.63, 3.8) is 0 Å². The van der Waals surface area contributed by atoms with Gasteiger partial charge in [0.1, 0.15) is 17.3 Å². The van der Waals surface area contributed by atoms with Gasteiger partial charge in [0.2, 0.25) is 0 Å². The summed E-state index contributed by atoms with van der Waals surface area (Å²) in [7, 11) is 0. The zero-order valence-corrected chi connectivity index (χ0v) is 38.7. The number of hydrogen-bond donors (Lipinski definition) is 1. The van der Waals surface area contributed by atoms with Crippen molar-refractivity contribution in [2.24, 2.45) is 0 Å². The third-order valence-electron chi connectivity index (χ3n) is 8.03. The van der Waals surface area contributed by atoms with Gasteiger partial charge in [0, 0.05) is 52.0 Å². The number of nitrogens with zero attached hydrogens (tertiary/aromatic N) is 5. The Bertz CT molecular complexity index is 1780. The molecule has 0 atom stereocenters. The van der Waals surface area contributed by atoms with Gasteiger partial charge in [0.05, 0.1) is 33.3 Å². The number of nitrogens with one attached hydrogen (secondary N) is 1. The Labute approximate surface area is 345 Å². The number of aromatic amines is 1. The van der Waals surface area contributed by atoms with Gasteiger partial charge in [-0.3, -0.25) is 5.10 Å². The SMILES string of the molecule is CC(C)c1cc(C(C)C)on1.CC(C)c1ccc(F)cc1.CC(C)c1nccs1.Cc1cc(C(C)C)n[nH]1.Cc1cc(C(C)C)on1.Cc1ncsc1C(C)C. The molecule has 0 amide bonds. The van der Waals surface area contributed by atoms with Gasteiger partial charge in [0.25, 0.3) is 0 Å². The van der Waals surface area contributed by atoms with Gasteiger partial charge in [-0.05, 0) is 68.2 Å². The highest BCUT2D eigenvalue weighted by molar-refractivity contribution is 7.10. The molecule has 6 aromatic rings. The fourth-order valence-corrected chi connectivity index (χ4v) is 5.95. The number of rotatable bonds is 7. The van der Waals surface area contributed by atoms with Crippen molar-refractivity contribution in [3.8, 4) is 0 Å². The summed E-state index contributed by atoms with van der Waals surface area (Å²) >= 11 is 3.47. The van der Waals surface area contributed by atoms with Crippen LogP contribution in [0.2, 0.25) is 0 Å². The molecule has 0 bridgehead atoms. The van der Waals surface area contributed by atoms with E-state index < -0.39 is 0 Å². The van der Waals surface area contributed by atoms with Gasteiger partial charge < -0.3 is 9.05 Å². The average Bonchev–Trinajstić information content (AvgIpc) is 3.97. The van der Waals surface area contributed by atoms with E-state index in [1.807, 2.05) is 55.2 Å². The predicted molar refractivity (Wildman–Crippen MR) is 235 cm³/mol. The molecule has 6 rings (SSSR count). The Hall–Kier alpha value is -3.96. The summed E-state index contributed by atoms with van der Waals surface area (Å²) < 4.78 is 22.5. The maximum Gasteiger partial charge on any atom is 0.139 e. The fourth-order valence-electron chi connectivity index (χ4n) is 4.47. The summed E-state index contributed by atoms with van der Waals surface area (Å²) in [6.07, 6.45) is 1.85. The van der Waals surface area contributed by atoms with Gasteiger partial charge in [-0.15, -0.1) is 22.7 Å². The number of aromatic nitrogens is 6. The molecule has 5 aromatic heterocycles. The van der Waals surface area contributed by atoms with E-state index >= 15 is 0 Å². The number of halogens is 1. The van der Waals surface area contributed by atoms with Crippen molar-refractivity contribution in [2.45, 2.75) is 159 Å². The molecular formula is C45H69FN6O2S2. The first-order chi connectivity index (χ1) is 26.2. The number of thiazole rings is 2. The smallest absolute Gasteiger partial charge is 0.139 e. The van der Waals surface area contributed by atoms with Gasteiger partial charge in [-0.1, -0.05) is 119 Å². The zero-order valence-electron chi connectivity index (χ0n) is 37.1. The first-order valence-corrected chi connectivity index (χ1v) is 21.4. The van der Waals surface area contributed by atoms with E-state index in [1.165, 1.54) is 33.3 Å². The summed E-state index contributed by atoms with van der Waals surface area (Å²) in [6, 6.07) is 12.7. The molecule has 11 heteroatoms. The Balaban J connectivity index is 0.000000337. The second-order valence-corrected chi connectivity index (χ2v) is 17.6. The second-order valence-electron chi connectivity index (χ2n) is 15.8. The molecule has 310 valence electrons. The molecule has 0 aliphatic heterocycles. The second kappa shape index (κ2) is 26.1. The van der Waals surface area contributed by atoms with E-state index in [9.17, 15) is 4.39 Å². The number of benzene rings is 1. The Morgan fingerprint density at radius 3 is 1.43 bits per heavy atom. The number of hydrogen-bond acceptors (Lipinski definition) is 9. The lowest BCUT2D eigenvalue weighted by atomic mass is 10.0. The highest BCUT2D eigenvalue weighted by Gasteiger charge is 2.10. The average molecular weight is 809 g/mol. The third kappa shape index (κ3) is 19.8. The van der Waals surface area contributed by atoms with E-state index in [0.717, 1.165) is 34.3 Å². The fraction of sp³-hybridized carbons (Fsp3) is 0.533. The van der Waals surface area contributed by atoms with E-state index in [2.05, 4.69) is 140 Å². The van der Waals surface area contributed by atoms with Crippen LogP contribution in [-0.4, -0.2) is 30.5 Å². The van der Waals surface area contributed by atoms with Crippen LogP contribution in [0.3, 0.4) is 0 Å². The zero-order chi connectivity index (χ0) is 42.5. The highest BCUT2D eigenvalue weighted by atomic mass is 32.1. The van der Waals surface area contributed by atoms with Crippen LogP contribution < -0.4 is 0 Å². The summed E-state index contributed by atoms with van der Waals surface area (Å²) in [5, 5.41) is 18.0. The van der Waals surface area contributed by atoms with Gasteiger partial charge in [-0.2, -0.15) is 5.10 Å². The molecule has 5 heterocycles. The lowest BCUT2D eigenvalue weighted by molar-refractivity contribution is 0.363. The molecular weight excluding hydrogens is 740 g/mol. The van der Waals surface area contributed by atoms with Crippen LogP contribution >= 0.6 is 22.7 Å². The van der Waals surface area contributed by atoms with Crippen LogP contribution in [-0.2, 0) is 0 Å². The Kier molecular flexibility index (Phi) is 23.3. The van der Waals surface area contributed by atoms with Gasteiger partial charge >= 0.3 is 0 Å². The minimum Gasteiger partial charge on any atom is -0.361 e. The molecule has 0 radical (unpaired) electrons. The first-order valence-electron chi connectivity index (χ1n) is 19.7. The molecule has 8 nitrogen and oxygen atoms in total. The van der Waals surface area contributed by atoms with Crippen molar-refractivity contribution < 1.29 is 13.4 Å². The molecule has 0 spiro atoms. The lowest BCUT2D eigenvalue weighted by Gasteiger charge is -2.02. The van der Waals surface area contributed by atoms with Crippen LogP contribution in [0.1, 0.15) is 194 Å². The summed E-state index contributed by atoms with van der Waals surface area (Å²) in [5.74, 6) is 5.39. The Morgan fingerprint density at radius 1 is 0.589 bits per heavy atom. The first kappa shape index (κ1) is 50.1.